The smallest absolute Gasteiger partial charge is 0.198 e. The molecule has 0 aliphatic heterocycles. The fraction of sp³-hybridized carbons (Fsp3) is 0.130. The number of hydrogen-bond donors (Lipinski definition) is 4. The van der Waals surface area contributed by atoms with Crippen molar-refractivity contribution in [2.24, 2.45) is 0 Å². The van der Waals surface area contributed by atoms with E-state index in [2.05, 4.69) is 21.2 Å². The highest BCUT2D eigenvalue weighted by molar-refractivity contribution is 9.10. The van der Waals surface area contributed by atoms with Gasteiger partial charge in [-0.1, -0.05) is 88.7 Å². The summed E-state index contributed by atoms with van der Waals surface area (Å²) in [5.41, 5.74) is 12.7. The van der Waals surface area contributed by atoms with E-state index in [1.165, 1.54) is 14.2 Å². The molecule has 2 aliphatic rings. The Morgan fingerprint density at radius 2 is 0.930 bits per heavy atom. The van der Waals surface area contributed by atoms with Crippen LogP contribution in [-0.2, 0) is 12.8 Å². The van der Waals surface area contributed by atoms with E-state index in [1.54, 1.807) is 72.8 Å². The van der Waals surface area contributed by atoms with Crippen LogP contribution >= 0.6 is 15.9 Å². The topological polar surface area (TPSA) is 165 Å². The van der Waals surface area contributed by atoms with Gasteiger partial charge in [-0.3, -0.25) is 19.2 Å². The maximum Gasteiger partial charge on any atom is 0.198 e. The summed E-state index contributed by atoms with van der Waals surface area (Å²) in [6.45, 7) is 0.290. The van der Waals surface area contributed by atoms with Crippen LogP contribution in [0.2, 0.25) is 0 Å². The Bertz CT molecular complexity index is 2480. The first-order valence-corrected chi connectivity index (χ1v) is 18.8. The van der Waals surface area contributed by atoms with Crippen LogP contribution in [0.15, 0.2) is 126 Å². The molecule has 5 N–H and O–H groups in total. The van der Waals surface area contributed by atoms with Crippen molar-refractivity contribution in [3.05, 3.63) is 181 Å². The molecule has 10 nitrogen and oxygen atoms in total. The van der Waals surface area contributed by atoms with Gasteiger partial charge in [-0.05, 0) is 72.5 Å². The van der Waals surface area contributed by atoms with E-state index >= 15 is 0 Å². The number of methoxy groups -OCH3 is 2. The molecule has 57 heavy (non-hydrogen) atoms. The van der Waals surface area contributed by atoms with Gasteiger partial charge in [0.05, 0.1) is 42.2 Å². The number of benzene rings is 6. The Labute approximate surface area is 338 Å². The number of nitrogens with two attached hydrogens (primary N) is 1. The Hall–Kier alpha value is -6.40. The van der Waals surface area contributed by atoms with Crippen molar-refractivity contribution in [2.45, 2.75) is 12.8 Å². The van der Waals surface area contributed by atoms with Crippen LogP contribution in [0.5, 0.6) is 11.5 Å². The lowest BCUT2D eigenvalue weighted by Gasteiger charge is -2.22. The summed E-state index contributed by atoms with van der Waals surface area (Å²) in [7, 11) is 2.97. The molecule has 0 radical (unpaired) electrons. The van der Waals surface area contributed by atoms with Gasteiger partial charge in [-0.2, -0.15) is 0 Å². The summed E-state index contributed by atoms with van der Waals surface area (Å²) in [6, 6.07) is 35.6. The number of aliphatic hydroxyl groups excluding tert-OH is 2. The summed E-state index contributed by atoms with van der Waals surface area (Å²) in [4.78, 5) is 51.3. The van der Waals surface area contributed by atoms with Crippen molar-refractivity contribution in [1.82, 2.24) is 0 Å². The molecule has 8 rings (SSSR count). The quantitative estimate of drug-likeness (QED) is 0.111. The number of carbonyl (C=O) groups is 4. The number of anilines is 3. The predicted molar refractivity (Wildman–Crippen MR) is 222 cm³/mol. The molecule has 0 aromatic heterocycles. The van der Waals surface area contributed by atoms with Gasteiger partial charge >= 0.3 is 0 Å². The number of ether oxygens (including phenoxy) is 2. The standard InChI is InChI=1S/C23H19NO4.C15H9BrO3.C8H11NO/c1-28-19-11-10-18(24-15-8-6-14(7-9-15)12-13-25)20-21(19)23(27)17-5-3-2-4-16(17)22(20)26;1-19-11-7-6-10(16)12-13(11)15(18)9-5-3-2-4-8(9)14(12)17;9-8-3-1-7(2-4-8)5-6-10/h2-11,24-25H,12-13H2,1H3;2-7H,1H3;1-4,10H,5-6,9H2. The summed E-state index contributed by atoms with van der Waals surface area (Å²) >= 11 is 3.34. The summed E-state index contributed by atoms with van der Waals surface area (Å²) in [6.07, 6.45) is 1.29. The summed E-state index contributed by atoms with van der Waals surface area (Å²) in [5.74, 6) is 0.0459. The van der Waals surface area contributed by atoms with Crippen LogP contribution in [0.4, 0.5) is 17.1 Å². The minimum Gasteiger partial charge on any atom is -0.496 e. The zero-order chi connectivity index (χ0) is 40.6. The van der Waals surface area contributed by atoms with Crippen molar-refractivity contribution >= 4 is 56.1 Å². The maximum atomic E-state index is 13.2. The molecular formula is C46H39BrN2O8. The van der Waals surface area contributed by atoms with Crippen molar-refractivity contribution in [3.8, 4) is 11.5 Å². The van der Waals surface area contributed by atoms with Crippen LogP contribution in [0, 0.1) is 0 Å². The molecule has 0 heterocycles. The number of halogens is 1. The molecule has 6 aromatic rings. The molecule has 0 spiro atoms. The van der Waals surface area contributed by atoms with E-state index in [4.69, 9.17) is 25.4 Å². The Balaban J connectivity index is 0.000000162. The van der Waals surface area contributed by atoms with E-state index in [9.17, 15) is 19.2 Å². The van der Waals surface area contributed by atoms with Gasteiger partial charge in [0.2, 0.25) is 0 Å². The van der Waals surface area contributed by atoms with E-state index in [-0.39, 0.29) is 41.9 Å². The van der Waals surface area contributed by atoms with Crippen molar-refractivity contribution in [1.29, 1.82) is 0 Å². The number of nitrogens with one attached hydrogen (secondary N) is 1. The Morgan fingerprint density at radius 3 is 1.39 bits per heavy atom. The monoisotopic (exact) mass is 826 g/mol. The molecule has 0 amide bonds. The first-order chi connectivity index (χ1) is 27.6. The fourth-order valence-electron chi connectivity index (χ4n) is 6.64. The van der Waals surface area contributed by atoms with Crippen molar-refractivity contribution in [2.75, 3.05) is 38.5 Å². The van der Waals surface area contributed by atoms with Gasteiger partial charge < -0.3 is 30.7 Å². The molecule has 11 heteroatoms. The zero-order valence-electron chi connectivity index (χ0n) is 31.2. The van der Waals surface area contributed by atoms with E-state index in [1.807, 2.05) is 48.5 Å². The molecule has 6 aromatic carbocycles. The molecule has 288 valence electrons. The van der Waals surface area contributed by atoms with E-state index in [0.29, 0.717) is 73.4 Å². The first kappa shape index (κ1) is 40.3. The average molecular weight is 828 g/mol. The molecule has 0 bridgehead atoms. The average Bonchev–Trinajstić information content (AvgIpc) is 3.24. The number of nitrogen functional groups attached to an aromatic ring is 1. The van der Waals surface area contributed by atoms with Crippen LogP contribution in [0.3, 0.4) is 0 Å². The SMILES string of the molecule is COc1ccc(Br)c2c1C(=O)c1ccccc1C2=O.COc1ccc(Nc2ccc(CCO)cc2)c2c1C(=O)c1ccccc1C2=O.Nc1ccc(CCO)cc1. The predicted octanol–water partition coefficient (Wildman–Crippen LogP) is 7.79. The van der Waals surface area contributed by atoms with Crippen LogP contribution in [0.25, 0.3) is 0 Å². The van der Waals surface area contributed by atoms with Crippen LogP contribution < -0.4 is 20.5 Å². The fourth-order valence-corrected chi connectivity index (χ4v) is 7.15. The molecule has 0 atom stereocenters. The molecule has 0 saturated heterocycles. The lowest BCUT2D eigenvalue weighted by atomic mass is 9.82. The molecular weight excluding hydrogens is 788 g/mol. The highest BCUT2D eigenvalue weighted by Gasteiger charge is 2.35. The van der Waals surface area contributed by atoms with Gasteiger partial charge in [0.1, 0.15) is 11.5 Å². The van der Waals surface area contributed by atoms with Gasteiger partial charge in [-0.25, -0.2) is 0 Å². The second kappa shape index (κ2) is 18.0. The summed E-state index contributed by atoms with van der Waals surface area (Å²) in [5, 5.41) is 20.8. The Kier molecular flexibility index (Phi) is 12.7. The van der Waals surface area contributed by atoms with Crippen molar-refractivity contribution in [3.63, 3.8) is 0 Å². The van der Waals surface area contributed by atoms with Crippen LogP contribution in [0.1, 0.15) is 74.8 Å². The Morgan fingerprint density at radius 1 is 0.526 bits per heavy atom. The van der Waals surface area contributed by atoms with Gasteiger partial charge in [0.15, 0.2) is 23.1 Å². The number of fused-ring (bicyclic) bond motifs is 4. The lowest BCUT2D eigenvalue weighted by Crippen LogP contribution is -2.23. The summed E-state index contributed by atoms with van der Waals surface area (Å²) < 4.78 is 11.2. The van der Waals surface area contributed by atoms with Gasteiger partial charge in [-0.15, -0.1) is 0 Å². The third-order valence-electron chi connectivity index (χ3n) is 9.48. The highest BCUT2D eigenvalue weighted by Crippen LogP contribution is 2.39. The molecule has 2 aliphatic carbocycles. The largest absolute Gasteiger partial charge is 0.496 e. The van der Waals surface area contributed by atoms with Crippen molar-refractivity contribution < 1.29 is 38.9 Å². The number of ketones is 4. The minimum absolute atomic E-state index is 0.0920. The normalized spacial score (nSPS) is 12.1. The maximum absolute atomic E-state index is 13.2. The van der Waals surface area contributed by atoms with E-state index in [0.717, 1.165) is 22.5 Å². The lowest BCUT2D eigenvalue weighted by molar-refractivity contribution is 0.0976. The second-order valence-corrected chi connectivity index (χ2v) is 13.8. The minimum atomic E-state index is -0.219. The first-order valence-electron chi connectivity index (χ1n) is 18.0. The third kappa shape index (κ3) is 8.41. The van der Waals surface area contributed by atoms with Gasteiger partial charge in [0.25, 0.3) is 0 Å². The number of aliphatic hydroxyl groups is 2. The third-order valence-corrected chi connectivity index (χ3v) is 10.1. The molecule has 0 saturated carbocycles. The highest BCUT2D eigenvalue weighted by atomic mass is 79.9. The molecule has 0 unspecified atom stereocenters. The number of hydrogen-bond acceptors (Lipinski definition) is 10. The van der Waals surface area contributed by atoms with Crippen LogP contribution in [-0.4, -0.2) is 60.8 Å². The molecule has 0 fully saturated rings. The van der Waals surface area contributed by atoms with E-state index < -0.39 is 0 Å². The number of carbonyl (C=O) groups excluding carboxylic acids is 4. The number of rotatable bonds is 8. The van der Waals surface area contributed by atoms with Gasteiger partial charge in [0, 0.05) is 51.3 Å². The zero-order valence-corrected chi connectivity index (χ0v) is 32.8. The second-order valence-electron chi connectivity index (χ2n) is 13.0.